The number of imide groups is 1. The predicted octanol–water partition coefficient (Wildman–Crippen LogP) is 1.58. The van der Waals surface area contributed by atoms with Crippen molar-refractivity contribution < 1.29 is 9.59 Å². The van der Waals surface area contributed by atoms with Gasteiger partial charge in [-0.3, -0.25) is 14.9 Å². The van der Waals surface area contributed by atoms with Crippen LogP contribution in [0.4, 0.5) is 11.4 Å². The molecule has 0 radical (unpaired) electrons. The quantitative estimate of drug-likeness (QED) is 0.607. The summed E-state index contributed by atoms with van der Waals surface area (Å²) in [6, 6.07) is 3.67. The van der Waals surface area contributed by atoms with Gasteiger partial charge in [0.2, 0.25) is 5.91 Å². The Bertz CT molecular complexity index is 569. The van der Waals surface area contributed by atoms with Crippen molar-refractivity contribution in [1.82, 2.24) is 5.32 Å². The van der Waals surface area contributed by atoms with Crippen LogP contribution in [-0.4, -0.2) is 23.9 Å². The van der Waals surface area contributed by atoms with Gasteiger partial charge in [0.1, 0.15) is 5.54 Å². The fraction of sp³-hybridized carbons (Fsp3) is 0.385. The second-order valence-electron chi connectivity index (χ2n) is 5.18. The second-order valence-corrected chi connectivity index (χ2v) is 6.04. The van der Waals surface area contributed by atoms with Gasteiger partial charge >= 0.3 is 0 Å². The zero-order chi connectivity index (χ0) is 14.4. The van der Waals surface area contributed by atoms with Crippen molar-refractivity contribution in [1.29, 1.82) is 0 Å². The normalized spacial score (nSPS) is 18.4. The van der Waals surface area contributed by atoms with Gasteiger partial charge in [-0.2, -0.15) is 0 Å². The van der Waals surface area contributed by atoms with Crippen LogP contribution >= 0.6 is 15.9 Å². The van der Waals surface area contributed by atoms with Crippen molar-refractivity contribution in [2.45, 2.75) is 26.3 Å². The third-order valence-corrected chi connectivity index (χ3v) is 4.05. The lowest BCUT2D eigenvalue weighted by Crippen LogP contribution is -2.64. The molecule has 0 aromatic heterocycles. The Morgan fingerprint density at radius 3 is 2.63 bits per heavy atom. The van der Waals surface area contributed by atoms with E-state index >= 15 is 0 Å². The van der Waals surface area contributed by atoms with Crippen molar-refractivity contribution in [3.8, 4) is 0 Å². The van der Waals surface area contributed by atoms with Gasteiger partial charge in [0, 0.05) is 10.2 Å². The summed E-state index contributed by atoms with van der Waals surface area (Å²) >= 11 is 3.44. The van der Waals surface area contributed by atoms with Crippen LogP contribution in [0.3, 0.4) is 0 Å². The molecule has 1 heterocycles. The highest BCUT2D eigenvalue weighted by atomic mass is 79.9. The molecule has 19 heavy (non-hydrogen) atoms. The van der Waals surface area contributed by atoms with E-state index in [9.17, 15) is 9.59 Å². The summed E-state index contributed by atoms with van der Waals surface area (Å²) in [5, 5.41) is 2.36. The van der Waals surface area contributed by atoms with Crippen LogP contribution in [0.2, 0.25) is 0 Å². The van der Waals surface area contributed by atoms with E-state index in [4.69, 9.17) is 5.73 Å². The maximum Gasteiger partial charge on any atom is 0.251 e. The first-order chi connectivity index (χ1) is 8.73. The van der Waals surface area contributed by atoms with E-state index in [0.29, 0.717) is 5.69 Å². The maximum absolute atomic E-state index is 12.0. The van der Waals surface area contributed by atoms with Crippen LogP contribution in [0.25, 0.3) is 0 Å². The SMILES string of the molecule is Cc1cc(N2CC(=O)NC(=O)C2(C)C)c(Br)cc1N. The second kappa shape index (κ2) is 4.52. The molecular weight excluding hydrogens is 310 g/mol. The molecule has 1 fully saturated rings. The first-order valence-electron chi connectivity index (χ1n) is 5.91. The van der Waals surface area contributed by atoms with Crippen LogP contribution in [0, 0.1) is 6.92 Å². The Kier molecular flexibility index (Phi) is 3.30. The summed E-state index contributed by atoms with van der Waals surface area (Å²) in [4.78, 5) is 25.3. The van der Waals surface area contributed by atoms with Crippen LogP contribution in [0.1, 0.15) is 19.4 Å². The highest BCUT2D eigenvalue weighted by Crippen LogP contribution is 2.35. The van der Waals surface area contributed by atoms with Gasteiger partial charge in [-0.05, 0) is 54.4 Å². The molecule has 1 aromatic rings. The molecular formula is C13H16BrN3O2. The van der Waals surface area contributed by atoms with E-state index in [1.165, 1.54) is 0 Å². The summed E-state index contributed by atoms with van der Waals surface area (Å²) in [6.45, 7) is 5.60. The predicted molar refractivity (Wildman–Crippen MR) is 77.9 cm³/mol. The van der Waals surface area contributed by atoms with Gasteiger partial charge in [-0.15, -0.1) is 0 Å². The van der Waals surface area contributed by atoms with Gasteiger partial charge in [0.15, 0.2) is 0 Å². The number of halogens is 1. The van der Waals surface area contributed by atoms with Gasteiger partial charge in [-0.25, -0.2) is 0 Å². The molecule has 1 aliphatic heterocycles. The highest BCUT2D eigenvalue weighted by molar-refractivity contribution is 9.10. The number of amides is 2. The van der Waals surface area contributed by atoms with E-state index in [2.05, 4.69) is 21.2 Å². The van der Waals surface area contributed by atoms with Crippen molar-refractivity contribution in [3.63, 3.8) is 0 Å². The number of nitrogens with two attached hydrogens (primary N) is 1. The molecule has 0 unspecified atom stereocenters. The Labute approximate surface area is 120 Å². The smallest absolute Gasteiger partial charge is 0.251 e. The first kappa shape index (κ1) is 13.9. The number of anilines is 2. The average Bonchev–Trinajstić information content (AvgIpc) is 2.29. The third kappa shape index (κ3) is 2.32. The third-order valence-electron chi connectivity index (χ3n) is 3.41. The van der Waals surface area contributed by atoms with Crippen LogP contribution in [0.5, 0.6) is 0 Å². The Hall–Kier alpha value is -1.56. The number of hydrogen-bond donors (Lipinski definition) is 2. The molecule has 3 N–H and O–H groups in total. The number of carbonyl (C=O) groups is 2. The topological polar surface area (TPSA) is 75.4 Å². The van der Waals surface area contributed by atoms with Crippen molar-refractivity contribution >= 4 is 39.1 Å². The van der Waals surface area contributed by atoms with Crippen molar-refractivity contribution in [2.24, 2.45) is 0 Å². The number of aryl methyl sites for hydroxylation is 1. The monoisotopic (exact) mass is 325 g/mol. The maximum atomic E-state index is 12.0. The van der Waals surface area contributed by atoms with Crippen LogP contribution in [0.15, 0.2) is 16.6 Å². The summed E-state index contributed by atoms with van der Waals surface area (Å²) in [5.74, 6) is -0.601. The summed E-state index contributed by atoms with van der Waals surface area (Å²) in [5.41, 5.74) is 7.42. The molecule has 0 bridgehead atoms. The lowest BCUT2D eigenvalue weighted by Gasteiger charge is -2.42. The molecule has 0 aliphatic carbocycles. The Morgan fingerprint density at radius 2 is 2.00 bits per heavy atom. The van der Waals surface area contributed by atoms with Gasteiger partial charge in [0.25, 0.3) is 5.91 Å². The highest BCUT2D eigenvalue weighted by Gasteiger charge is 2.41. The Morgan fingerprint density at radius 1 is 1.37 bits per heavy atom. The van der Waals surface area contributed by atoms with E-state index in [1.807, 2.05) is 13.0 Å². The van der Waals surface area contributed by atoms with Crippen LogP contribution < -0.4 is 16.0 Å². The molecule has 0 saturated carbocycles. The molecule has 1 saturated heterocycles. The minimum absolute atomic E-state index is 0.140. The van der Waals surface area contributed by atoms with E-state index < -0.39 is 5.54 Å². The standard InChI is InChI=1S/C13H16BrN3O2/c1-7-4-10(8(14)5-9(7)15)17-6-11(18)16-12(19)13(17,2)3/h4-5H,6,15H2,1-3H3,(H,16,18,19). The lowest BCUT2D eigenvalue weighted by atomic mass is 9.97. The fourth-order valence-corrected chi connectivity index (χ4v) is 2.63. The molecule has 2 amide bonds. The van der Waals surface area contributed by atoms with Crippen molar-refractivity contribution in [2.75, 3.05) is 17.2 Å². The van der Waals surface area contributed by atoms with Crippen LogP contribution in [-0.2, 0) is 9.59 Å². The summed E-state index contributed by atoms with van der Waals surface area (Å²) < 4.78 is 0.770. The number of carbonyl (C=O) groups excluding carboxylic acids is 2. The molecule has 0 atom stereocenters. The lowest BCUT2D eigenvalue weighted by molar-refractivity contribution is -0.135. The zero-order valence-corrected chi connectivity index (χ0v) is 12.7. The van der Waals surface area contributed by atoms with E-state index in [0.717, 1.165) is 15.7 Å². The molecule has 2 rings (SSSR count). The van der Waals surface area contributed by atoms with Gasteiger partial charge in [-0.1, -0.05) is 0 Å². The van der Waals surface area contributed by atoms with E-state index in [-0.39, 0.29) is 18.4 Å². The van der Waals surface area contributed by atoms with Crippen molar-refractivity contribution in [3.05, 3.63) is 22.2 Å². The average molecular weight is 326 g/mol. The molecule has 102 valence electrons. The number of hydrogen-bond acceptors (Lipinski definition) is 4. The number of benzene rings is 1. The summed E-state index contributed by atoms with van der Waals surface area (Å²) in [6.07, 6.45) is 0. The minimum atomic E-state index is -0.793. The largest absolute Gasteiger partial charge is 0.398 e. The first-order valence-corrected chi connectivity index (χ1v) is 6.70. The molecule has 5 nitrogen and oxygen atoms in total. The minimum Gasteiger partial charge on any atom is -0.398 e. The number of rotatable bonds is 1. The Balaban J connectivity index is 2.53. The number of piperazine rings is 1. The fourth-order valence-electron chi connectivity index (χ4n) is 2.06. The van der Waals surface area contributed by atoms with Gasteiger partial charge in [0.05, 0.1) is 12.2 Å². The molecule has 0 spiro atoms. The molecule has 6 heteroatoms. The number of nitrogens with one attached hydrogen (secondary N) is 1. The number of nitrogens with zero attached hydrogens (tertiary/aromatic N) is 1. The molecule has 1 aliphatic rings. The zero-order valence-electron chi connectivity index (χ0n) is 11.1. The number of nitrogen functional groups attached to an aromatic ring is 1. The van der Waals surface area contributed by atoms with E-state index in [1.54, 1.807) is 24.8 Å². The molecule has 1 aromatic carbocycles. The van der Waals surface area contributed by atoms with Gasteiger partial charge < -0.3 is 10.6 Å². The summed E-state index contributed by atoms with van der Waals surface area (Å²) in [7, 11) is 0.